The van der Waals surface area contributed by atoms with E-state index < -0.39 is 37.0 Å². The molecule has 10 nitrogen and oxygen atoms in total. The molecule has 1 heterocycles. The molecule has 1 saturated heterocycles. The van der Waals surface area contributed by atoms with E-state index in [0.717, 1.165) is 0 Å². The van der Waals surface area contributed by atoms with Crippen LogP contribution in [0.2, 0.25) is 0 Å². The van der Waals surface area contributed by atoms with E-state index in [4.69, 9.17) is 19.7 Å². The van der Waals surface area contributed by atoms with Crippen LogP contribution < -0.4 is 14.8 Å². The van der Waals surface area contributed by atoms with E-state index >= 15 is 0 Å². The molecule has 26 heavy (non-hydrogen) atoms. The number of carbonyl (C=O) groups excluding carboxylic acids is 2. The van der Waals surface area contributed by atoms with Gasteiger partial charge in [-0.05, 0) is 46.4 Å². The molecule has 1 aliphatic heterocycles. The number of hydrogen-bond acceptors (Lipinski definition) is 6. The number of imide groups is 1. The van der Waals surface area contributed by atoms with Gasteiger partial charge in [0.1, 0.15) is 12.2 Å². The smallest absolute Gasteiger partial charge is 0.341 e. The lowest BCUT2D eigenvalue weighted by Crippen LogP contribution is -2.35. The highest BCUT2D eigenvalue weighted by Gasteiger charge is 2.34. The standard InChI is InChI=1S/C15H13IN2O8/c1-25-10-4-7(2-8(16)13(10)26-6-12(21)22)3-9-14(23)18(5-11(19)20)15(24)17-9/h2-4H,5-6H2,1H3,(H,17,24)(H,19,20)(H,21,22)/b9-3+. The largest absolute Gasteiger partial charge is 0.493 e. The van der Waals surface area contributed by atoms with E-state index in [0.29, 0.717) is 14.0 Å². The summed E-state index contributed by atoms with van der Waals surface area (Å²) in [6.07, 6.45) is 1.35. The first kappa shape index (κ1) is 19.5. The van der Waals surface area contributed by atoms with Gasteiger partial charge >= 0.3 is 18.0 Å². The van der Waals surface area contributed by atoms with Crippen LogP contribution in [0.5, 0.6) is 11.5 Å². The first-order chi connectivity index (χ1) is 12.2. The van der Waals surface area contributed by atoms with Gasteiger partial charge in [-0.2, -0.15) is 0 Å². The molecule has 0 aromatic heterocycles. The number of ether oxygens (including phenoxy) is 2. The Hall–Kier alpha value is -2.83. The fraction of sp³-hybridized carbons (Fsp3) is 0.200. The number of benzene rings is 1. The van der Waals surface area contributed by atoms with Gasteiger partial charge in [-0.15, -0.1) is 0 Å². The monoisotopic (exact) mass is 476 g/mol. The molecule has 0 saturated carbocycles. The summed E-state index contributed by atoms with van der Waals surface area (Å²) in [4.78, 5) is 45.8. The van der Waals surface area contributed by atoms with E-state index in [9.17, 15) is 19.2 Å². The Balaban J connectivity index is 2.32. The van der Waals surface area contributed by atoms with Crippen LogP contribution in [0.1, 0.15) is 5.56 Å². The van der Waals surface area contributed by atoms with E-state index in [-0.39, 0.29) is 17.2 Å². The quantitative estimate of drug-likeness (QED) is 0.297. The summed E-state index contributed by atoms with van der Waals surface area (Å²) in [7, 11) is 1.37. The van der Waals surface area contributed by atoms with Gasteiger partial charge in [0, 0.05) is 0 Å². The maximum atomic E-state index is 12.1. The Labute approximate surface area is 160 Å². The zero-order chi connectivity index (χ0) is 19.4. The van der Waals surface area contributed by atoms with Crippen molar-refractivity contribution in [3.8, 4) is 11.5 Å². The van der Waals surface area contributed by atoms with Crippen LogP contribution in [0.25, 0.3) is 6.08 Å². The molecule has 3 N–H and O–H groups in total. The molecule has 3 amide bonds. The zero-order valence-electron chi connectivity index (χ0n) is 13.3. The van der Waals surface area contributed by atoms with Crippen molar-refractivity contribution in [2.24, 2.45) is 0 Å². The molecular formula is C15H13IN2O8. The van der Waals surface area contributed by atoms with Crippen molar-refractivity contribution in [2.75, 3.05) is 20.3 Å². The molecule has 1 aromatic carbocycles. The van der Waals surface area contributed by atoms with Gasteiger partial charge in [-0.1, -0.05) is 0 Å². The third-order valence-electron chi connectivity index (χ3n) is 3.16. The second-order valence-corrected chi connectivity index (χ2v) is 6.15. The highest BCUT2D eigenvalue weighted by atomic mass is 127. The number of carbonyl (C=O) groups is 4. The van der Waals surface area contributed by atoms with E-state index in [1.165, 1.54) is 19.3 Å². The molecule has 138 valence electrons. The van der Waals surface area contributed by atoms with Crippen LogP contribution in [-0.2, 0) is 14.4 Å². The number of halogens is 1. The first-order valence-electron chi connectivity index (χ1n) is 7.01. The number of urea groups is 1. The maximum Gasteiger partial charge on any atom is 0.341 e. The van der Waals surface area contributed by atoms with Gasteiger partial charge in [0.05, 0.1) is 10.7 Å². The molecule has 11 heteroatoms. The topological polar surface area (TPSA) is 142 Å². The van der Waals surface area contributed by atoms with E-state index in [2.05, 4.69) is 5.32 Å². The van der Waals surface area contributed by atoms with Gasteiger partial charge in [0.15, 0.2) is 18.1 Å². The SMILES string of the molecule is COc1cc(/C=C2/NC(=O)N(CC(=O)O)C2=O)cc(I)c1OCC(=O)O. The summed E-state index contributed by atoms with van der Waals surface area (Å²) in [5.41, 5.74) is 0.378. The molecule has 2 rings (SSSR count). The van der Waals surface area contributed by atoms with Crippen LogP contribution in [0.15, 0.2) is 17.8 Å². The van der Waals surface area contributed by atoms with Crippen molar-refractivity contribution in [2.45, 2.75) is 0 Å². The second-order valence-electron chi connectivity index (χ2n) is 4.99. The van der Waals surface area contributed by atoms with Gasteiger partial charge < -0.3 is 25.0 Å². The normalized spacial score (nSPS) is 15.2. The molecule has 0 aliphatic carbocycles. The summed E-state index contributed by atoms with van der Waals surface area (Å²) in [5.74, 6) is -2.76. The Kier molecular flexibility index (Phi) is 6.02. The highest BCUT2D eigenvalue weighted by molar-refractivity contribution is 14.1. The van der Waals surface area contributed by atoms with Gasteiger partial charge in [0.25, 0.3) is 5.91 Å². The summed E-state index contributed by atoms with van der Waals surface area (Å²) < 4.78 is 10.9. The minimum absolute atomic E-state index is 0.0895. The summed E-state index contributed by atoms with van der Waals surface area (Å²) in [6, 6.07) is 2.25. The molecule has 1 fully saturated rings. The number of hydrogen-bond donors (Lipinski definition) is 3. The average molecular weight is 476 g/mol. The highest BCUT2D eigenvalue weighted by Crippen LogP contribution is 2.34. The fourth-order valence-electron chi connectivity index (χ4n) is 2.11. The van der Waals surface area contributed by atoms with Crippen LogP contribution >= 0.6 is 22.6 Å². The summed E-state index contributed by atoms with van der Waals surface area (Å²) in [6.45, 7) is -1.30. The van der Waals surface area contributed by atoms with Crippen molar-refractivity contribution in [1.82, 2.24) is 10.2 Å². The molecule has 1 aromatic rings. The van der Waals surface area contributed by atoms with Crippen LogP contribution in [0.4, 0.5) is 4.79 Å². The summed E-state index contributed by atoms with van der Waals surface area (Å²) >= 11 is 1.91. The average Bonchev–Trinajstić information content (AvgIpc) is 2.80. The zero-order valence-corrected chi connectivity index (χ0v) is 15.5. The number of amides is 3. The van der Waals surface area contributed by atoms with Crippen LogP contribution in [0, 0.1) is 3.57 Å². The Morgan fingerprint density at radius 2 is 1.96 bits per heavy atom. The number of carboxylic acids is 2. The van der Waals surface area contributed by atoms with Crippen molar-refractivity contribution in [1.29, 1.82) is 0 Å². The van der Waals surface area contributed by atoms with Gasteiger partial charge in [0.2, 0.25) is 0 Å². The van der Waals surface area contributed by atoms with Gasteiger partial charge in [-0.3, -0.25) is 9.59 Å². The molecule has 0 unspecified atom stereocenters. The number of nitrogens with zero attached hydrogens (tertiary/aromatic N) is 1. The lowest BCUT2D eigenvalue weighted by Gasteiger charge is -2.12. The lowest BCUT2D eigenvalue weighted by molar-refractivity contribution is -0.140. The van der Waals surface area contributed by atoms with Gasteiger partial charge in [-0.25, -0.2) is 14.5 Å². The third-order valence-corrected chi connectivity index (χ3v) is 3.96. The fourth-order valence-corrected chi connectivity index (χ4v) is 2.90. The number of methoxy groups -OCH3 is 1. The Bertz CT molecular complexity index is 820. The molecule has 0 radical (unpaired) electrons. The van der Waals surface area contributed by atoms with Crippen molar-refractivity contribution in [3.63, 3.8) is 0 Å². The van der Waals surface area contributed by atoms with E-state index in [1.54, 1.807) is 6.07 Å². The predicted molar refractivity (Wildman–Crippen MR) is 94.7 cm³/mol. The number of rotatable bonds is 7. The van der Waals surface area contributed by atoms with Crippen molar-refractivity contribution >= 4 is 52.5 Å². The first-order valence-corrected chi connectivity index (χ1v) is 8.09. The van der Waals surface area contributed by atoms with E-state index in [1.807, 2.05) is 22.6 Å². The Morgan fingerprint density at radius 3 is 2.54 bits per heavy atom. The minimum atomic E-state index is -1.31. The minimum Gasteiger partial charge on any atom is -0.493 e. The molecular weight excluding hydrogens is 463 g/mol. The second kappa shape index (κ2) is 8.03. The van der Waals surface area contributed by atoms with Crippen molar-refractivity contribution in [3.05, 3.63) is 27.0 Å². The Morgan fingerprint density at radius 1 is 1.27 bits per heavy atom. The molecule has 0 spiro atoms. The summed E-state index contributed by atoms with van der Waals surface area (Å²) in [5, 5.41) is 19.8. The maximum absolute atomic E-state index is 12.1. The number of aliphatic carboxylic acids is 2. The third kappa shape index (κ3) is 4.41. The molecule has 0 bridgehead atoms. The molecule has 1 aliphatic rings. The predicted octanol–water partition coefficient (Wildman–Crippen LogP) is 0.740. The van der Waals surface area contributed by atoms with Crippen LogP contribution in [-0.4, -0.2) is 59.3 Å². The number of nitrogens with one attached hydrogen (secondary N) is 1. The van der Waals surface area contributed by atoms with Crippen molar-refractivity contribution < 1.29 is 38.9 Å². The number of carboxylic acid groups (broad SMARTS) is 2. The molecule has 0 atom stereocenters. The lowest BCUT2D eigenvalue weighted by atomic mass is 10.1. The van der Waals surface area contributed by atoms with Crippen LogP contribution in [0.3, 0.4) is 0 Å².